The Labute approximate surface area is 187 Å². The molecule has 1 atom stereocenters. The van der Waals surface area contributed by atoms with E-state index in [2.05, 4.69) is 0 Å². The second kappa shape index (κ2) is 8.31. The highest BCUT2D eigenvalue weighted by Crippen LogP contribution is 2.44. The van der Waals surface area contributed by atoms with Gasteiger partial charge in [0.15, 0.2) is 16.9 Å². The highest BCUT2D eigenvalue weighted by Gasteiger charge is 2.44. The van der Waals surface area contributed by atoms with Gasteiger partial charge in [-0.05, 0) is 57.3 Å². The minimum Gasteiger partial charge on any atom is -0.493 e. The van der Waals surface area contributed by atoms with Crippen LogP contribution < -0.4 is 14.9 Å². The molecule has 0 unspecified atom stereocenters. The number of carbonyl (C=O) groups is 1. The molecule has 0 fully saturated rings. The van der Waals surface area contributed by atoms with Crippen LogP contribution in [0.3, 0.4) is 0 Å². The lowest BCUT2D eigenvalue weighted by atomic mass is 9.96. The first-order valence-electron chi connectivity index (χ1n) is 10.5. The van der Waals surface area contributed by atoms with Crippen molar-refractivity contribution in [3.8, 4) is 11.5 Å². The number of hydrogen-bond donors (Lipinski definition) is 0. The molecule has 3 aromatic rings. The number of likely N-dealkylation sites (N-methyl/N-ethyl adjacent to an activating group) is 1. The maximum Gasteiger partial charge on any atom is 0.290 e. The zero-order chi connectivity index (χ0) is 23.2. The van der Waals surface area contributed by atoms with Gasteiger partial charge in [0, 0.05) is 18.7 Å². The van der Waals surface area contributed by atoms with Gasteiger partial charge in [-0.25, -0.2) is 0 Å². The van der Waals surface area contributed by atoms with Crippen LogP contribution in [0.1, 0.15) is 38.9 Å². The van der Waals surface area contributed by atoms with Crippen molar-refractivity contribution in [3.63, 3.8) is 0 Å². The van der Waals surface area contributed by atoms with Crippen molar-refractivity contribution in [2.75, 3.05) is 41.4 Å². The molecule has 1 amide bonds. The molecule has 4 rings (SSSR count). The number of benzene rings is 2. The molecule has 32 heavy (non-hydrogen) atoms. The summed E-state index contributed by atoms with van der Waals surface area (Å²) in [6.07, 6.45) is 0. The standard InChI is InChI=1S/C25H28N2O5/c1-14-12-17-19(13-15(14)2)32-24-20(22(17)28)21(27(25(24)29)11-10-26(3)4)16-8-7-9-18(30-5)23(16)31-6/h7-9,12-13,21H,10-11H2,1-6H3/t21-/m1/s1. The SMILES string of the molecule is COc1cccc([C@@H]2c3c(oc4cc(C)c(C)cc4c3=O)C(=O)N2CCN(C)C)c1OC. The van der Waals surface area contributed by atoms with Crippen molar-refractivity contribution < 1.29 is 18.7 Å². The Hall–Kier alpha value is -3.32. The van der Waals surface area contributed by atoms with Crippen molar-refractivity contribution in [1.29, 1.82) is 0 Å². The minimum absolute atomic E-state index is 0.0967. The summed E-state index contributed by atoms with van der Waals surface area (Å²) >= 11 is 0. The molecule has 168 valence electrons. The van der Waals surface area contributed by atoms with Crippen LogP contribution in [0.25, 0.3) is 11.0 Å². The van der Waals surface area contributed by atoms with Gasteiger partial charge in [0.2, 0.25) is 5.76 Å². The Morgan fingerprint density at radius 1 is 1.06 bits per heavy atom. The lowest BCUT2D eigenvalue weighted by Crippen LogP contribution is -2.35. The number of rotatable bonds is 6. The van der Waals surface area contributed by atoms with Crippen LogP contribution >= 0.6 is 0 Å². The molecule has 1 aliphatic heterocycles. The number of amides is 1. The molecule has 0 saturated carbocycles. The second-order valence-corrected chi connectivity index (χ2v) is 8.39. The van der Waals surface area contributed by atoms with Crippen LogP contribution in [0.2, 0.25) is 0 Å². The van der Waals surface area contributed by atoms with E-state index in [1.807, 2.05) is 57.1 Å². The van der Waals surface area contributed by atoms with Crippen molar-refractivity contribution in [3.05, 3.63) is 68.6 Å². The van der Waals surface area contributed by atoms with Gasteiger partial charge in [-0.15, -0.1) is 0 Å². The van der Waals surface area contributed by atoms with Crippen molar-refractivity contribution in [2.24, 2.45) is 0 Å². The maximum atomic E-state index is 13.7. The topological polar surface area (TPSA) is 72.2 Å². The summed E-state index contributed by atoms with van der Waals surface area (Å²) in [6.45, 7) is 4.97. The van der Waals surface area contributed by atoms with Crippen LogP contribution in [0.4, 0.5) is 0 Å². The molecule has 0 aliphatic carbocycles. The molecule has 0 saturated heterocycles. The smallest absolute Gasteiger partial charge is 0.290 e. The van der Waals surface area contributed by atoms with Crippen LogP contribution in [0, 0.1) is 13.8 Å². The average Bonchev–Trinajstić information content (AvgIpc) is 3.04. The fourth-order valence-electron chi connectivity index (χ4n) is 4.26. The fourth-order valence-corrected chi connectivity index (χ4v) is 4.26. The Bertz CT molecular complexity index is 1260. The number of aryl methyl sites for hydroxylation is 2. The number of fused-ring (bicyclic) bond motifs is 2. The first-order chi connectivity index (χ1) is 15.3. The highest BCUT2D eigenvalue weighted by molar-refractivity contribution is 5.99. The monoisotopic (exact) mass is 436 g/mol. The van der Waals surface area contributed by atoms with Crippen molar-refractivity contribution in [1.82, 2.24) is 9.80 Å². The van der Waals surface area contributed by atoms with Gasteiger partial charge in [0.1, 0.15) is 5.58 Å². The molecule has 2 heterocycles. The van der Waals surface area contributed by atoms with Gasteiger partial charge in [0.05, 0.1) is 31.2 Å². The van der Waals surface area contributed by atoms with Crippen molar-refractivity contribution >= 4 is 16.9 Å². The van der Waals surface area contributed by atoms with E-state index >= 15 is 0 Å². The van der Waals surface area contributed by atoms with Crippen LogP contribution in [0.5, 0.6) is 11.5 Å². The average molecular weight is 437 g/mol. The van der Waals surface area contributed by atoms with Crippen LogP contribution in [-0.4, -0.2) is 57.1 Å². The predicted octanol–water partition coefficient (Wildman–Crippen LogP) is 3.53. The van der Waals surface area contributed by atoms with E-state index in [1.165, 1.54) is 0 Å². The lowest BCUT2D eigenvalue weighted by Gasteiger charge is -2.28. The molecule has 1 aromatic heterocycles. The molecule has 2 aromatic carbocycles. The van der Waals surface area contributed by atoms with E-state index in [0.717, 1.165) is 11.1 Å². The normalized spacial score (nSPS) is 15.5. The highest BCUT2D eigenvalue weighted by atomic mass is 16.5. The van der Waals surface area contributed by atoms with E-state index in [-0.39, 0.29) is 17.1 Å². The Balaban J connectivity index is 2.01. The summed E-state index contributed by atoms with van der Waals surface area (Å²) in [6, 6.07) is 8.51. The quantitative estimate of drug-likeness (QED) is 0.589. The zero-order valence-electron chi connectivity index (χ0n) is 19.3. The van der Waals surface area contributed by atoms with Gasteiger partial charge >= 0.3 is 0 Å². The summed E-state index contributed by atoms with van der Waals surface area (Å²) in [5.74, 6) is 0.832. The summed E-state index contributed by atoms with van der Waals surface area (Å²) in [4.78, 5) is 30.9. The molecule has 0 radical (unpaired) electrons. The van der Waals surface area contributed by atoms with Crippen LogP contribution in [-0.2, 0) is 0 Å². The number of ether oxygens (including phenoxy) is 2. The van der Waals surface area contributed by atoms with Gasteiger partial charge < -0.3 is 23.7 Å². The molecule has 1 aliphatic rings. The lowest BCUT2D eigenvalue weighted by molar-refractivity contribution is 0.0715. The zero-order valence-corrected chi connectivity index (χ0v) is 19.3. The number of methoxy groups -OCH3 is 2. The molecule has 7 heteroatoms. The third-order valence-electron chi connectivity index (χ3n) is 6.10. The predicted molar refractivity (Wildman–Crippen MR) is 123 cm³/mol. The summed E-state index contributed by atoms with van der Waals surface area (Å²) in [5.41, 5.74) is 3.26. The third kappa shape index (κ3) is 3.42. The van der Waals surface area contributed by atoms with E-state index in [4.69, 9.17) is 13.9 Å². The second-order valence-electron chi connectivity index (χ2n) is 8.39. The maximum absolute atomic E-state index is 13.7. The summed E-state index contributed by atoms with van der Waals surface area (Å²) < 4.78 is 17.2. The van der Waals surface area contributed by atoms with Gasteiger partial charge in [-0.1, -0.05) is 12.1 Å². The number of nitrogens with zero attached hydrogens (tertiary/aromatic N) is 2. The van der Waals surface area contributed by atoms with E-state index in [1.54, 1.807) is 25.2 Å². The third-order valence-corrected chi connectivity index (χ3v) is 6.10. The number of hydrogen-bond acceptors (Lipinski definition) is 6. The van der Waals surface area contributed by atoms with Crippen molar-refractivity contribution in [2.45, 2.75) is 19.9 Å². The Morgan fingerprint density at radius 3 is 2.44 bits per heavy atom. The summed E-state index contributed by atoms with van der Waals surface area (Å²) in [5, 5.41) is 0.473. The summed E-state index contributed by atoms with van der Waals surface area (Å²) in [7, 11) is 7.00. The van der Waals surface area contributed by atoms with Crippen LogP contribution in [0.15, 0.2) is 39.5 Å². The molecule has 0 N–H and O–H groups in total. The minimum atomic E-state index is -0.634. The van der Waals surface area contributed by atoms with E-state index in [9.17, 15) is 9.59 Å². The first kappa shape index (κ1) is 21.9. The largest absolute Gasteiger partial charge is 0.493 e. The van der Waals surface area contributed by atoms with Gasteiger partial charge in [0.25, 0.3) is 5.91 Å². The van der Waals surface area contributed by atoms with Gasteiger partial charge in [-0.2, -0.15) is 0 Å². The number of para-hydroxylation sites is 1. The number of carbonyl (C=O) groups excluding carboxylic acids is 1. The molecule has 0 spiro atoms. The molecule has 0 bridgehead atoms. The van der Waals surface area contributed by atoms with E-state index < -0.39 is 6.04 Å². The van der Waals surface area contributed by atoms with E-state index in [0.29, 0.717) is 46.7 Å². The van der Waals surface area contributed by atoms with Gasteiger partial charge in [-0.3, -0.25) is 9.59 Å². The fraction of sp³-hybridized carbons (Fsp3) is 0.360. The Kier molecular flexibility index (Phi) is 5.69. The molecule has 7 nitrogen and oxygen atoms in total. The molecular formula is C25H28N2O5. The Morgan fingerprint density at radius 2 is 1.78 bits per heavy atom. The molecular weight excluding hydrogens is 408 g/mol. The first-order valence-corrected chi connectivity index (χ1v) is 10.5.